The molecule has 1 rings (SSSR count). The highest BCUT2D eigenvalue weighted by atomic mass is 16.7. The molecular formula is C16H24NO6-. The maximum Gasteiger partial charge on any atom is 0.333 e. The Balaban J connectivity index is 1.92. The van der Waals surface area contributed by atoms with E-state index in [1.807, 2.05) is 0 Å². The first-order valence-corrected chi connectivity index (χ1v) is 8.27. The summed E-state index contributed by atoms with van der Waals surface area (Å²) in [6.45, 7) is 0. The van der Waals surface area contributed by atoms with Gasteiger partial charge in [0.2, 0.25) is 0 Å². The number of carbonyl (C=O) groups excluding carboxylic acids is 4. The van der Waals surface area contributed by atoms with Crippen molar-refractivity contribution in [3.63, 3.8) is 0 Å². The predicted molar refractivity (Wildman–Crippen MR) is 78.4 cm³/mol. The summed E-state index contributed by atoms with van der Waals surface area (Å²) in [5.74, 6) is -2.45. The van der Waals surface area contributed by atoms with Gasteiger partial charge in [-0.25, -0.2) is 4.79 Å². The van der Waals surface area contributed by atoms with Gasteiger partial charge in [0.15, 0.2) is 0 Å². The van der Waals surface area contributed by atoms with E-state index in [-0.39, 0.29) is 25.7 Å². The first-order valence-electron chi connectivity index (χ1n) is 8.27. The Hall–Kier alpha value is -1.92. The Labute approximate surface area is 135 Å². The molecular weight excluding hydrogens is 302 g/mol. The molecule has 0 aromatic carbocycles. The van der Waals surface area contributed by atoms with Gasteiger partial charge in [0, 0.05) is 25.2 Å². The van der Waals surface area contributed by atoms with Crippen LogP contribution in [0.3, 0.4) is 0 Å². The number of carbonyl (C=O) groups is 4. The van der Waals surface area contributed by atoms with Crippen LogP contribution in [0.2, 0.25) is 0 Å². The molecule has 130 valence electrons. The van der Waals surface area contributed by atoms with Crippen molar-refractivity contribution in [3.8, 4) is 0 Å². The highest BCUT2D eigenvalue weighted by Crippen LogP contribution is 2.14. The van der Waals surface area contributed by atoms with Crippen molar-refractivity contribution in [2.24, 2.45) is 0 Å². The molecule has 0 bridgehead atoms. The van der Waals surface area contributed by atoms with E-state index in [0.29, 0.717) is 17.9 Å². The molecule has 1 fully saturated rings. The third-order valence-corrected chi connectivity index (χ3v) is 3.71. The van der Waals surface area contributed by atoms with Gasteiger partial charge in [-0.3, -0.25) is 9.59 Å². The first kappa shape index (κ1) is 19.1. The van der Waals surface area contributed by atoms with Crippen molar-refractivity contribution in [2.45, 2.75) is 77.0 Å². The van der Waals surface area contributed by atoms with E-state index >= 15 is 0 Å². The van der Waals surface area contributed by atoms with Crippen LogP contribution in [0, 0.1) is 0 Å². The third-order valence-electron chi connectivity index (χ3n) is 3.71. The molecule has 1 aliphatic rings. The lowest BCUT2D eigenvalue weighted by atomic mass is 10.1. The molecule has 0 unspecified atom stereocenters. The Bertz CT molecular complexity index is 418. The van der Waals surface area contributed by atoms with E-state index in [9.17, 15) is 24.3 Å². The molecule has 23 heavy (non-hydrogen) atoms. The van der Waals surface area contributed by atoms with Gasteiger partial charge < -0.3 is 14.7 Å². The van der Waals surface area contributed by atoms with Crippen LogP contribution in [-0.4, -0.2) is 28.8 Å². The molecule has 2 amide bonds. The fourth-order valence-corrected chi connectivity index (χ4v) is 2.40. The third kappa shape index (κ3) is 8.32. The van der Waals surface area contributed by atoms with Crippen LogP contribution in [0.5, 0.6) is 0 Å². The minimum atomic E-state index is -0.991. The average Bonchev–Trinajstić information content (AvgIpc) is 2.80. The quantitative estimate of drug-likeness (QED) is 0.395. The maximum atomic E-state index is 11.5. The van der Waals surface area contributed by atoms with Gasteiger partial charge >= 0.3 is 5.97 Å². The number of amides is 2. The van der Waals surface area contributed by atoms with E-state index < -0.39 is 23.8 Å². The van der Waals surface area contributed by atoms with Gasteiger partial charge in [-0.15, -0.1) is 5.06 Å². The minimum Gasteiger partial charge on any atom is -0.550 e. The molecule has 1 saturated heterocycles. The number of unbranched alkanes of at least 4 members (excludes halogenated alkanes) is 7. The molecule has 7 nitrogen and oxygen atoms in total. The van der Waals surface area contributed by atoms with Crippen molar-refractivity contribution in [1.29, 1.82) is 0 Å². The summed E-state index contributed by atoms with van der Waals surface area (Å²) in [7, 11) is 0. The van der Waals surface area contributed by atoms with Crippen LogP contribution < -0.4 is 5.11 Å². The zero-order chi connectivity index (χ0) is 17.1. The van der Waals surface area contributed by atoms with Crippen molar-refractivity contribution in [1.82, 2.24) is 5.06 Å². The molecule has 0 spiro atoms. The molecule has 0 aliphatic carbocycles. The summed E-state index contributed by atoms with van der Waals surface area (Å²) in [6, 6.07) is 0. The van der Waals surface area contributed by atoms with E-state index in [4.69, 9.17) is 4.84 Å². The van der Waals surface area contributed by atoms with Gasteiger partial charge in [0.25, 0.3) is 11.8 Å². The maximum absolute atomic E-state index is 11.5. The van der Waals surface area contributed by atoms with Gasteiger partial charge in [0.1, 0.15) is 0 Å². The van der Waals surface area contributed by atoms with Gasteiger partial charge in [0.05, 0.1) is 0 Å². The number of imide groups is 1. The van der Waals surface area contributed by atoms with E-state index in [1.54, 1.807) is 0 Å². The van der Waals surface area contributed by atoms with Gasteiger partial charge in [-0.2, -0.15) is 0 Å². The van der Waals surface area contributed by atoms with Crippen molar-refractivity contribution in [3.05, 3.63) is 0 Å². The smallest absolute Gasteiger partial charge is 0.333 e. The minimum absolute atomic E-state index is 0.106. The fourth-order valence-electron chi connectivity index (χ4n) is 2.40. The molecule has 0 aromatic heterocycles. The van der Waals surface area contributed by atoms with Crippen LogP contribution in [0.4, 0.5) is 0 Å². The SMILES string of the molecule is O=C([O-])CCCCCCCCCCC(=O)ON1C(=O)CCC1=O. The molecule has 0 radical (unpaired) electrons. The van der Waals surface area contributed by atoms with Crippen LogP contribution in [-0.2, 0) is 24.0 Å². The van der Waals surface area contributed by atoms with E-state index in [0.717, 1.165) is 38.5 Å². The normalized spacial score (nSPS) is 14.3. The second-order valence-electron chi connectivity index (χ2n) is 5.75. The van der Waals surface area contributed by atoms with Crippen molar-refractivity contribution < 1.29 is 29.1 Å². The fraction of sp³-hybridized carbons (Fsp3) is 0.750. The average molecular weight is 326 g/mol. The Morgan fingerprint density at radius 1 is 0.826 bits per heavy atom. The summed E-state index contributed by atoms with van der Waals surface area (Å²) >= 11 is 0. The monoisotopic (exact) mass is 326 g/mol. The molecule has 0 aromatic rings. The predicted octanol–water partition coefficient (Wildman–Crippen LogP) is 1.24. The number of aliphatic carboxylic acids is 1. The Morgan fingerprint density at radius 2 is 1.26 bits per heavy atom. The highest BCUT2D eigenvalue weighted by Gasteiger charge is 2.32. The molecule has 0 saturated carbocycles. The number of carboxylic acid groups (broad SMARTS) is 1. The second-order valence-corrected chi connectivity index (χ2v) is 5.75. The highest BCUT2D eigenvalue weighted by molar-refractivity contribution is 6.01. The number of rotatable bonds is 12. The largest absolute Gasteiger partial charge is 0.550 e. The first-order chi connectivity index (χ1) is 11.0. The van der Waals surface area contributed by atoms with E-state index in [1.165, 1.54) is 0 Å². The molecule has 7 heteroatoms. The summed E-state index contributed by atoms with van der Waals surface area (Å²) in [5.41, 5.74) is 0. The lowest BCUT2D eigenvalue weighted by Crippen LogP contribution is -2.31. The standard InChI is InChI=1S/C16H25NO6/c18-13-11-12-14(19)17(13)23-16(22)10-8-6-4-2-1-3-5-7-9-15(20)21/h1-12H2,(H,20,21)/p-1. The Kier molecular flexibility index (Phi) is 8.94. The summed E-state index contributed by atoms with van der Waals surface area (Å²) in [4.78, 5) is 49.1. The van der Waals surface area contributed by atoms with Crippen LogP contribution in [0.15, 0.2) is 0 Å². The number of hydroxylamine groups is 2. The molecule has 0 atom stereocenters. The zero-order valence-electron chi connectivity index (χ0n) is 13.4. The second kappa shape index (κ2) is 10.7. The summed E-state index contributed by atoms with van der Waals surface area (Å²) in [6.07, 6.45) is 7.76. The number of carboxylic acids is 1. The topological polar surface area (TPSA) is 104 Å². The molecule has 1 aliphatic heterocycles. The van der Waals surface area contributed by atoms with Crippen LogP contribution in [0.1, 0.15) is 77.0 Å². The summed E-state index contributed by atoms with van der Waals surface area (Å²) < 4.78 is 0. The zero-order valence-corrected chi connectivity index (χ0v) is 13.4. The molecule has 0 N–H and O–H groups in total. The van der Waals surface area contributed by atoms with E-state index in [2.05, 4.69) is 0 Å². The van der Waals surface area contributed by atoms with Gasteiger partial charge in [-0.1, -0.05) is 38.5 Å². The van der Waals surface area contributed by atoms with Crippen molar-refractivity contribution >= 4 is 23.8 Å². The number of nitrogens with zero attached hydrogens (tertiary/aromatic N) is 1. The molecule has 1 heterocycles. The lowest BCUT2D eigenvalue weighted by Gasteiger charge is -2.12. The van der Waals surface area contributed by atoms with Crippen molar-refractivity contribution in [2.75, 3.05) is 0 Å². The van der Waals surface area contributed by atoms with Crippen LogP contribution in [0.25, 0.3) is 0 Å². The number of hydrogen-bond donors (Lipinski definition) is 0. The Morgan fingerprint density at radius 3 is 1.74 bits per heavy atom. The van der Waals surface area contributed by atoms with Gasteiger partial charge in [-0.05, 0) is 19.3 Å². The number of hydrogen-bond acceptors (Lipinski definition) is 6. The summed E-state index contributed by atoms with van der Waals surface area (Å²) in [5, 5.41) is 10.8. The van der Waals surface area contributed by atoms with Crippen LogP contribution >= 0.6 is 0 Å². The lowest BCUT2D eigenvalue weighted by molar-refractivity contribution is -0.305.